The van der Waals surface area contributed by atoms with Crippen molar-refractivity contribution in [3.05, 3.63) is 65.7 Å². The number of hydrogen-bond acceptors (Lipinski definition) is 2. The van der Waals surface area contributed by atoms with Crippen LogP contribution in [0.15, 0.2) is 54.6 Å². The van der Waals surface area contributed by atoms with E-state index in [4.69, 9.17) is 0 Å². The first-order valence-corrected chi connectivity index (χ1v) is 6.12. The summed E-state index contributed by atoms with van der Waals surface area (Å²) in [7, 11) is 0. The molecule has 0 spiro atoms. The summed E-state index contributed by atoms with van der Waals surface area (Å²) in [5, 5.41) is 2.84. The van der Waals surface area contributed by atoms with Crippen LogP contribution in [0.1, 0.15) is 28.8 Å². The summed E-state index contributed by atoms with van der Waals surface area (Å²) < 4.78 is 0. The molecule has 0 aliphatic rings. The lowest BCUT2D eigenvalue weighted by molar-refractivity contribution is -0.117. The third-order valence-electron chi connectivity index (χ3n) is 3.01. The topological polar surface area (TPSA) is 46.2 Å². The van der Waals surface area contributed by atoms with E-state index in [0.29, 0.717) is 11.3 Å². The molecule has 1 atom stereocenters. The molecule has 2 aromatic rings. The van der Waals surface area contributed by atoms with Gasteiger partial charge < -0.3 is 5.32 Å². The molecule has 1 N–H and O–H groups in total. The molecule has 1 amide bonds. The molecule has 0 unspecified atom stereocenters. The Kier molecular flexibility index (Phi) is 4.08. The summed E-state index contributed by atoms with van der Waals surface area (Å²) in [4.78, 5) is 22.6. The number of amides is 1. The average molecular weight is 253 g/mol. The van der Waals surface area contributed by atoms with Crippen LogP contribution < -0.4 is 5.32 Å². The normalized spacial score (nSPS) is 11.6. The fourth-order valence-electron chi connectivity index (χ4n) is 1.79. The van der Waals surface area contributed by atoms with Crippen LogP contribution in [0.5, 0.6) is 0 Å². The fraction of sp³-hybridized carbons (Fsp3) is 0.125. The van der Waals surface area contributed by atoms with E-state index >= 15 is 0 Å². The molecule has 0 aliphatic carbocycles. The van der Waals surface area contributed by atoms with Gasteiger partial charge in [-0.05, 0) is 36.8 Å². The molecular formula is C16H15NO2. The van der Waals surface area contributed by atoms with Crippen LogP contribution in [0.25, 0.3) is 0 Å². The van der Waals surface area contributed by atoms with Crippen molar-refractivity contribution in [1.82, 2.24) is 0 Å². The van der Waals surface area contributed by atoms with Crippen LogP contribution in [0.2, 0.25) is 0 Å². The van der Waals surface area contributed by atoms with Crippen molar-refractivity contribution in [2.75, 3.05) is 5.32 Å². The molecule has 3 nitrogen and oxygen atoms in total. The minimum absolute atomic E-state index is 0.0648. The number of aldehydes is 1. The van der Waals surface area contributed by atoms with Crippen LogP contribution >= 0.6 is 0 Å². The second-order valence-electron chi connectivity index (χ2n) is 4.36. The van der Waals surface area contributed by atoms with Gasteiger partial charge in [0.1, 0.15) is 6.29 Å². The maximum atomic E-state index is 12.1. The van der Waals surface area contributed by atoms with Crippen molar-refractivity contribution < 1.29 is 9.59 Å². The summed E-state index contributed by atoms with van der Waals surface area (Å²) in [5.74, 6) is -0.281. The molecule has 0 saturated heterocycles. The number of benzene rings is 2. The van der Waals surface area contributed by atoms with Crippen molar-refractivity contribution in [2.24, 2.45) is 0 Å². The van der Waals surface area contributed by atoms with Crippen molar-refractivity contribution >= 4 is 17.9 Å². The molecule has 0 saturated carbocycles. The van der Waals surface area contributed by atoms with Crippen LogP contribution in [-0.4, -0.2) is 12.2 Å². The maximum Gasteiger partial charge on any atom is 0.231 e. The van der Waals surface area contributed by atoms with Gasteiger partial charge in [-0.25, -0.2) is 0 Å². The van der Waals surface area contributed by atoms with Crippen LogP contribution in [0.4, 0.5) is 5.69 Å². The average Bonchev–Trinajstić information content (AvgIpc) is 2.48. The molecule has 3 heteroatoms. The summed E-state index contributed by atoms with van der Waals surface area (Å²) in [6.45, 7) is 1.87. The van der Waals surface area contributed by atoms with E-state index in [1.807, 2.05) is 37.3 Å². The molecular weight excluding hydrogens is 238 g/mol. The number of rotatable bonds is 4. The molecule has 0 radical (unpaired) electrons. The highest BCUT2D eigenvalue weighted by molar-refractivity contribution is 5.95. The van der Waals surface area contributed by atoms with Gasteiger partial charge in [0.15, 0.2) is 0 Å². The van der Waals surface area contributed by atoms with E-state index < -0.39 is 0 Å². The Morgan fingerprint density at radius 1 is 1.05 bits per heavy atom. The Morgan fingerprint density at radius 2 is 1.68 bits per heavy atom. The predicted octanol–water partition coefficient (Wildman–Crippen LogP) is 3.24. The third-order valence-corrected chi connectivity index (χ3v) is 3.01. The van der Waals surface area contributed by atoms with E-state index in [1.54, 1.807) is 24.3 Å². The minimum Gasteiger partial charge on any atom is -0.326 e. The number of carbonyl (C=O) groups excluding carboxylic acids is 2. The van der Waals surface area contributed by atoms with Crippen LogP contribution in [0.3, 0.4) is 0 Å². The van der Waals surface area contributed by atoms with E-state index in [0.717, 1.165) is 11.8 Å². The van der Waals surface area contributed by atoms with Crippen LogP contribution in [0, 0.1) is 0 Å². The van der Waals surface area contributed by atoms with Gasteiger partial charge in [0.25, 0.3) is 0 Å². The number of anilines is 1. The van der Waals surface area contributed by atoms with Gasteiger partial charge in [-0.1, -0.05) is 30.3 Å². The van der Waals surface area contributed by atoms with Gasteiger partial charge >= 0.3 is 0 Å². The van der Waals surface area contributed by atoms with E-state index in [1.165, 1.54) is 0 Å². The largest absolute Gasteiger partial charge is 0.326 e. The second-order valence-corrected chi connectivity index (χ2v) is 4.36. The lowest BCUT2D eigenvalue weighted by Crippen LogP contribution is -2.18. The van der Waals surface area contributed by atoms with Gasteiger partial charge in [-0.15, -0.1) is 0 Å². The van der Waals surface area contributed by atoms with Gasteiger partial charge in [0, 0.05) is 11.3 Å². The molecule has 96 valence electrons. The Bertz CT molecular complexity index is 561. The van der Waals surface area contributed by atoms with Gasteiger partial charge in [0.05, 0.1) is 5.92 Å². The second kappa shape index (κ2) is 5.96. The van der Waals surface area contributed by atoms with Crippen LogP contribution in [-0.2, 0) is 4.79 Å². The van der Waals surface area contributed by atoms with Gasteiger partial charge in [-0.2, -0.15) is 0 Å². The third kappa shape index (κ3) is 3.28. The highest BCUT2D eigenvalue weighted by Crippen LogP contribution is 2.17. The molecule has 0 aliphatic heterocycles. The Hall–Kier alpha value is -2.42. The molecule has 0 bridgehead atoms. The van der Waals surface area contributed by atoms with Crippen molar-refractivity contribution in [3.8, 4) is 0 Å². The summed E-state index contributed by atoms with van der Waals surface area (Å²) in [6, 6.07) is 16.4. The monoisotopic (exact) mass is 253 g/mol. The minimum atomic E-state index is -0.216. The van der Waals surface area contributed by atoms with Crippen molar-refractivity contribution in [3.63, 3.8) is 0 Å². The highest BCUT2D eigenvalue weighted by Gasteiger charge is 2.14. The highest BCUT2D eigenvalue weighted by atomic mass is 16.1. The maximum absolute atomic E-state index is 12.1. The van der Waals surface area contributed by atoms with Gasteiger partial charge in [-0.3, -0.25) is 9.59 Å². The van der Waals surface area contributed by atoms with Gasteiger partial charge in [0.2, 0.25) is 5.91 Å². The SMILES string of the molecule is C[C@@H](C(=O)Nc1ccc(C=O)cc1)c1ccccc1. The Morgan fingerprint density at radius 3 is 2.26 bits per heavy atom. The smallest absolute Gasteiger partial charge is 0.231 e. The zero-order valence-electron chi connectivity index (χ0n) is 10.7. The fourth-order valence-corrected chi connectivity index (χ4v) is 1.79. The van der Waals surface area contributed by atoms with Crippen molar-refractivity contribution in [1.29, 1.82) is 0 Å². The Balaban J connectivity index is 2.06. The number of hydrogen-bond donors (Lipinski definition) is 1. The quantitative estimate of drug-likeness (QED) is 0.850. The molecule has 0 aromatic heterocycles. The molecule has 19 heavy (non-hydrogen) atoms. The molecule has 2 rings (SSSR count). The lowest BCUT2D eigenvalue weighted by Gasteiger charge is -2.12. The van der Waals surface area contributed by atoms with E-state index in [9.17, 15) is 9.59 Å². The first-order chi connectivity index (χ1) is 9.20. The predicted molar refractivity (Wildman–Crippen MR) is 75.3 cm³/mol. The first kappa shape index (κ1) is 13.0. The summed E-state index contributed by atoms with van der Waals surface area (Å²) in [5.41, 5.74) is 2.26. The standard InChI is InChI=1S/C16H15NO2/c1-12(14-5-3-2-4-6-14)16(19)17-15-9-7-13(11-18)8-10-15/h2-12H,1H3,(H,17,19)/t12-/m1/s1. The van der Waals surface area contributed by atoms with E-state index in [-0.39, 0.29) is 11.8 Å². The number of carbonyl (C=O) groups is 2. The molecule has 0 heterocycles. The summed E-state index contributed by atoms with van der Waals surface area (Å²) in [6.07, 6.45) is 0.776. The summed E-state index contributed by atoms with van der Waals surface area (Å²) >= 11 is 0. The molecule has 0 fully saturated rings. The van der Waals surface area contributed by atoms with Crippen molar-refractivity contribution in [2.45, 2.75) is 12.8 Å². The first-order valence-electron chi connectivity index (χ1n) is 6.12. The number of nitrogens with one attached hydrogen (secondary N) is 1. The zero-order chi connectivity index (χ0) is 13.7. The molecule has 2 aromatic carbocycles. The van der Waals surface area contributed by atoms with E-state index in [2.05, 4.69) is 5.32 Å². The Labute approximate surface area is 112 Å². The lowest BCUT2D eigenvalue weighted by atomic mass is 10.0. The zero-order valence-corrected chi connectivity index (χ0v) is 10.7.